The maximum absolute atomic E-state index is 12.8. The molecule has 1 saturated heterocycles. The van der Waals surface area contributed by atoms with Crippen LogP contribution in [0, 0.1) is 6.92 Å². The van der Waals surface area contributed by atoms with Crippen molar-refractivity contribution in [2.75, 3.05) is 23.8 Å². The van der Waals surface area contributed by atoms with E-state index >= 15 is 0 Å². The maximum Gasteiger partial charge on any atom is 0.410 e. The third-order valence-corrected chi connectivity index (χ3v) is 9.12. The summed E-state index contributed by atoms with van der Waals surface area (Å²) in [7, 11) is -1.20. The average Bonchev–Trinajstić information content (AvgIpc) is 3.46. The van der Waals surface area contributed by atoms with Gasteiger partial charge in [-0.2, -0.15) is 9.97 Å². The molecule has 0 radical (unpaired) electrons. The van der Waals surface area contributed by atoms with E-state index in [0.717, 1.165) is 27.9 Å². The average molecular weight is 594 g/mol. The number of halogens is 1. The summed E-state index contributed by atoms with van der Waals surface area (Å²) in [5, 5.41) is 9.89. The number of carbonyl (C=O) groups is 1. The second kappa shape index (κ2) is 11.6. The van der Waals surface area contributed by atoms with Crippen LogP contribution in [0.25, 0.3) is 11.0 Å². The van der Waals surface area contributed by atoms with Gasteiger partial charge in [0.05, 0.1) is 21.6 Å². The fraction of sp³-hybridized carbons (Fsp3) is 0.615. The van der Waals surface area contributed by atoms with Crippen molar-refractivity contribution in [2.45, 2.75) is 91.1 Å². The molecule has 0 saturated carbocycles. The molecule has 1 fully saturated rings. The molecule has 13 heteroatoms. The van der Waals surface area contributed by atoms with Gasteiger partial charge in [-0.3, -0.25) is 0 Å². The number of likely N-dealkylation sites (tertiary alicyclic amines) is 1. The summed E-state index contributed by atoms with van der Waals surface area (Å²) >= 11 is 8.28. The summed E-state index contributed by atoms with van der Waals surface area (Å²) in [6.45, 7) is 18.1. The van der Waals surface area contributed by atoms with Gasteiger partial charge in [-0.25, -0.2) is 9.78 Å². The fourth-order valence-electron chi connectivity index (χ4n) is 4.37. The fourth-order valence-corrected chi connectivity index (χ4v) is 6.09. The highest BCUT2D eigenvalue weighted by Crippen LogP contribution is 2.34. The van der Waals surface area contributed by atoms with Gasteiger partial charge in [-0.15, -0.1) is 11.3 Å². The number of thiazole rings is 1. The van der Waals surface area contributed by atoms with E-state index in [-0.39, 0.29) is 18.2 Å². The molecule has 0 aliphatic carbocycles. The standard InChI is InChI=1S/C26H40ClN7O3SSi/c1-16-11-18(13-34(16)25(35)37-26(3,4)5)29-22-21-19(27)14-33(15-36-9-10-39(6,7)8)23(21)32-24(31-22)30-20-12-28-17(2)38-20/h12,14,16,18H,9-11,13,15H2,1-8H3,(H2,29,30,31,32)/t16-,18+/m0/s1. The van der Waals surface area contributed by atoms with Gasteiger partial charge < -0.3 is 29.6 Å². The normalized spacial score (nSPS) is 18.1. The predicted molar refractivity (Wildman–Crippen MR) is 161 cm³/mol. The van der Waals surface area contributed by atoms with Crippen molar-refractivity contribution in [2.24, 2.45) is 0 Å². The molecule has 2 atom stereocenters. The topological polar surface area (TPSA) is 106 Å². The SMILES string of the molecule is Cc1ncc(Nc2nc(N[C@@H]3C[C@H](C)N(C(=O)OC(C)(C)C)C3)c3c(Cl)cn(COCC[Si](C)(C)C)c3n2)s1. The summed E-state index contributed by atoms with van der Waals surface area (Å²) in [6.07, 6.45) is 4.05. The van der Waals surface area contributed by atoms with Crippen molar-refractivity contribution in [3.8, 4) is 0 Å². The highest BCUT2D eigenvalue weighted by atomic mass is 35.5. The number of aryl methyl sites for hydroxylation is 1. The van der Waals surface area contributed by atoms with E-state index in [0.29, 0.717) is 42.3 Å². The van der Waals surface area contributed by atoms with Crippen molar-refractivity contribution in [1.29, 1.82) is 0 Å². The lowest BCUT2D eigenvalue weighted by atomic mass is 10.2. The zero-order valence-electron chi connectivity index (χ0n) is 24.1. The van der Waals surface area contributed by atoms with Gasteiger partial charge in [0, 0.05) is 39.5 Å². The Labute approximate surface area is 240 Å². The molecule has 1 aliphatic rings. The number of ether oxygens (including phenoxy) is 2. The molecule has 4 heterocycles. The molecule has 3 aromatic heterocycles. The molecule has 39 heavy (non-hydrogen) atoms. The van der Waals surface area contributed by atoms with E-state index in [2.05, 4.69) is 35.3 Å². The van der Waals surface area contributed by atoms with E-state index in [1.54, 1.807) is 11.1 Å². The van der Waals surface area contributed by atoms with Gasteiger partial charge in [-0.1, -0.05) is 31.2 Å². The molecule has 0 bridgehead atoms. The highest BCUT2D eigenvalue weighted by molar-refractivity contribution is 7.15. The zero-order valence-corrected chi connectivity index (χ0v) is 26.7. The van der Waals surface area contributed by atoms with Crippen LogP contribution in [-0.4, -0.2) is 69.4 Å². The van der Waals surface area contributed by atoms with Crippen LogP contribution in [0.4, 0.5) is 21.6 Å². The van der Waals surface area contributed by atoms with Gasteiger partial charge in [0.25, 0.3) is 0 Å². The Balaban J connectivity index is 1.60. The van der Waals surface area contributed by atoms with Crippen LogP contribution < -0.4 is 10.6 Å². The molecular weight excluding hydrogens is 554 g/mol. The van der Waals surface area contributed by atoms with Crippen molar-refractivity contribution < 1.29 is 14.3 Å². The van der Waals surface area contributed by atoms with E-state index in [1.807, 2.05) is 45.4 Å². The van der Waals surface area contributed by atoms with Gasteiger partial charge in [0.1, 0.15) is 23.2 Å². The van der Waals surface area contributed by atoms with Crippen molar-refractivity contribution >= 4 is 64.9 Å². The van der Waals surface area contributed by atoms with Crippen LogP contribution >= 0.6 is 22.9 Å². The molecule has 4 rings (SSSR count). The largest absolute Gasteiger partial charge is 0.444 e. The number of fused-ring (bicyclic) bond motifs is 1. The summed E-state index contributed by atoms with van der Waals surface area (Å²) < 4.78 is 13.6. The third kappa shape index (κ3) is 7.83. The smallest absolute Gasteiger partial charge is 0.410 e. The molecule has 0 spiro atoms. The Kier molecular flexibility index (Phi) is 8.79. The molecule has 10 nitrogen and oxygen atoms in total. The monoisotopic (exact) mass is 593 g/mol. The highest BCUT2D eigenvalue weighted by Gasteiger charge is 2.35. The van der Waals surface area contributed by atoms with Gasteiger partial charge in [0.15, 0.2) is 5.65 Å². The first kappa shape index (κ1) is 29.6. The first-order valence-electron chi connectivity index (χ1n) is 13.3. The first-order chi connectivity index (χ1) is 18.2. The van der Waals surface area contributed by atoms with Gasteiger partial charge >= 0.3 is 6.09 Å². The second-order valence-corrected chi connectivity index (χ2v) is 19.6. The van der Waals surface area contributed by atoms with Crippen LogP contribution in [0.15, 0.2) is 12.4 Å². The number of amides is 1. The molecule has 0 unspecified atom stereocenters. The molecule has 1 aliphatic heterocycles. The van der Waals surface area contributed by atoms with Gasteiger partial charge in [0.2, 0.25) is 5.95 Å². The number of aromatic nitrogens is 4. The lowest BCUT2D eigenvalue weighted by Gasteiger charge is -2.27. The quantitative estimate of drug-likeness (QED) is 0.208. The number of anilines is 3. The lowest BCUT2D eigenvalue weighted by molar-refractivity contribution is 0.0238. The van der Waals surface area contributed by atoms with Crippen LogP contribution in [-0.2, 0) is 16.2 Å². The van der Waals surface area contributed by atoms with Crippen LogP contribution in [0.5, 0.6) is 0 Å². The first-order valence-corrected chi connectivity index (χ1v) is 18.2. The zero-order chi connectivity index (χ0) is 28.5. The van der Waals surface area contributed by atoms with E-state index in [1.165, 1.54) is 11.3 Å². The molecule has 2 N–H and O–H groups in total. The number of carbonyl (C=O) groups excluding carboxylic acids is 1. The molecule has 3 aromatic rings. The molecular formula is C26H40ClN7O3SSi. The van der Waals surface area contributed by atoms with Crippen LogP contribution in [0.2, 0.25) is 30.7 Å². The Bertz CT molecular complexity index is 1320. The molecule has 1 amide bonds. The maximum atomic E-state index is 12.8. The Morgan fingerprint density at radius 1 is 1.28 bits per heavy atom. The lowest BCUT2D eigenvalue weighted by Crippen LogP contribution is -2.39. The Hall–Kier alpha value is -2.41. The van der Waals surface area contributed by atoms with Crippen molar-refractivity contribution in [3.05, 3.63) is 22.4 Å². The minimum absolute atomic E-state index is 0.0206. The Morgan fingerprint density at radius 2 is 2.03 bits per heavy atom. The predicted octanol–water partition coefficient (Wildman–Crippen LogP) is 6.72. The second-order valence-electron chi connectivity index (χ2n) is 12.3. The Morgan fingerprint density at radius 3 is 2.67 bits per heavy atom. The molecule has 0 aromatic carbocycles. The van der Waals surface area contributed by atoms with Gasteiger partial charge in [-0.05, 0) is 47.1 Å². The van der Waals surface area contributed by atoms with Crippen molar-refractivity contribution in [3.63, 3.8) is 0 Å². The number of nitrogens with one attached hydrogen (secondary N) is 2. The third-order valence-electron chi connectivity index (χ3n) is 6.30. The summed E-state index contributed by atoms with van der Waals surface area (Å²) in [6, 6.07) is 1.07. The summed E-state index contributed by atoms with van der Waals surface area (Å²) in [5.41, 5.74) is 0.119. The minimum atomic E-state index is -1.20. The molecule has 214 valence electrons. The summed E-state index contributed by atoms with van der Waals surface area (Å²) in [5.74, 6) is 1.04. The van der Waals surface area contributed by atoms with E-state index < -0.39 is 13.7 Å². The minimum Gasteiger partial charge on any atom is -0.444 e. The number of nitrogens with zero attached hydrogens (tertiary/aromatic N) is 5. The van der Waals surface area contributed by atoms with Crippen LogP contribution in [0.3, 0.4) is 0 Å². The number of hydrogen-bond acceptors (Lipinski definition) is 9. The van der Waals surface area contributed by atoms with E-state index in [4.69, 9.17) is 31.0 Å². The number of rotatable bonds is 9. The van der Waals surface area contributed by atoms with Crippen molar-refractivity contribution in [1.82, 2.24) is 24.4 Å². The van der Waals surface area contributed by atoms with E-state index in [9.17, 15) is 4.79 Å². The summed E-state index contributed by atoms with van der Waals surface area (Å²) in [4.78, 5) is 28.5. The van der Waals surface area contributed by atoms with Crippen LogP contribution in [0.1, 0.15) is 39.1 Å². The number of hydrogen-bond donors (Lipinski definition) is 2.